The first-order chi connectivity index (χ1) is 8.77. The van der Waals surface area contributed by atoms with E-state index in [-0.39, 0.29) is 0 Å². The number of nitrogen functional groups attached to an aromatic ring is 2. The van der Waals surface area contributed by atoms with Gasteiger partial charge in [0.1, 0.15) is 0 Å². The van der Waals surface area contributed by atoms with Crippen LogP contribution in [-0.4, -0.2) is 0 Å². The van der Waals surface area contributed by atoms with Gasteiger partial charge in [-0.05, 0) is 28.5 Å². The Morgan fingerprint density at radius 2 is 1.22 bits per heavy atom. The summed E-state index contributed by atoms with van der Waals surface area (Å²) in [5.74, 6) is 0. The summed E-state index contributed by atoms with van der Waals surface area (Å²) in [5, 5.41) is 2.36. The quantitative estimate of drug-likeness (QED) is 0.631. The lowest BCUT2D eigenvalue weighted by molar-refractivity contribution is 1.63. The molecule has 0 saturated heterocycles. The predicted molar refractivity (Wildman–Crippen MR) is 78.2 cm³/mol. The highest BCUT2D eigenvalue weighted by atomic mass is 14.6. The topological polar surface area (TPSA) is 52.0 Å². The van der Waals surface area contributed by atoms with Gasteiger partial charge in [-0.25, -0.2) is 0 Å². The number of anilines is 2. The van der Waals surface area contributed by atoms with Crippen molar-refractivity contribution in [1.82, 2.24) is 0 Å². The van der Waals surface area contributed by atoms with E-state index in [2.05, 4.69) is 24.3 Å². The molecule has 18 heavy (non-hydrogen) atoms. The van der Waals surface area contributed by atoms with E-state index in [1.807, 2.05) is 36.4 Å². The molecule has 0 heterocycles. The van der Waals surface area contributed by atoms with E-state index < -0.39 is 0 Å². The summed E-state index contributed by atoms with van der Waals surface area (Å²) in [4.78, 5) is 0. The van der Waals surface area contributed by atoms with E-state index in [1.165, 1.54) is 10.8 Å². The van der Waals surface area contributed by atoms with Crippen molar-refractivity contribution < 1.29 is 0 Å². The fraction of sp³-hybridized carbons (Fsp3) is 0. The molecule has 88 valence electrons. The minimum Gasteiger partial charge on any atom is -0.398 e. The summed E-state index contributed by atoms with van der Waals surface area (Å²) in [6.45, 7) is 0. The van der Waals surface area contributed by atoms with Crippen molar-refractivity contribution >= 4 is 22.1 Å². The second kappa shape index (κ2) is 4.08. The highest BCUT2D eigenvalue weighted by molar-refractivity contribution is 6.02. The summed E-state index contributed by atoms with van der Waals surface area (Å²) in [6, 6.07) is 20.1. The van der Waals surface area contributed by atoms with Crippen LogP contribution in [0, 0.1) is 0 Å². The van der Waals surface area contributed by atoms with Crippen LogP contribution in [0.25, 0.3) is 21.9 Å². The molecule has 2 heteroatoms. The molecule has 0 amide bonds. The van der Waals surface area contributed by atoms with Crippen molar-refractivity contribution in [3.63, 3.8) is 0 Å². The molecule has 0 aliphatic rings. The molecule has 4 N–H and O–H groups in total. The third kappa shape index (κ3) is 1.59. The normalized spacial score (nSPS) is 10.7. The SMILES string of the molecule is Nc1cccc(N)c1-c1cccc2ccccc12. The van der Waals surface area contributed by atoms with E-state index >= 15 is 0 Å². The van der Waals surface area contributed by atoms with Gasteiger partial charge in [0, 0.05) is 16.9 Å². The Labute approximate surface area is 106 Å². The van der Waals surface area contributed by atoms with Gasteiger partial charge in [-0.1, -0.05) is 48.5 Å². The number of hydrogen-bond donors (Lipinski definition) is 2. The monoisotopic (exact) mass is 234 g/mol. The molecule has 0 aromatic heterocycles. The molecule has 0 atom stereocenters. The van der Waals surface area contributed by atoms with Crippen LogP contribution in [0.2, 0.25) is 0 Å². The van der Waals surface area contributed by atoms with E-state index in [0.717, 1.165) is 11.1 Å². The van der Waals surface area contributed by atoms with Crippen LogP contribution in [0.1, 0.15) is 0 Å². The second-order valence-electron chi connectivity index (χ2n) is 4.34. The molecule has 0 aliphatic heterocycles. The maximum Gasteiger partial charge on any atom is 0.0414 e. The van der Waals surface area contributed by atoms with E-state index in [9.17, 15) is 0 Å². The van der Waals surface area contributed by atoms with Crippen molar-refractivity contribution in [1.29, 1.82) is 0 Å². The molecule has 2 nitrogen and oxygen atoms in total. The maximum atomic E-state index is 6.06. The van der Waals surface area contributed by atoms with Gasteiger partial charge >= 0.3 is 0 Å². The lowest BCUT2D eigenvalue weighted by Gasteiger charge is -2.12. The standard InChI is InChI=1S/C16H14N2/c17-14-9-4-10-15(18)16(14)13-8-3-6-11-5-1-2-7-12(11)13/h1-10H,17-18H2. The molecule has 0 radical (unpaired) electrons. The van der Waals surface area contributed by atoms with Gasteiger partial charge in [0.2, 0.25) is 0 Å². The second-order valence-corrected chi connectivity index (χ2v) is 4.34. The first-order valence-electron chi connectivity index (χ1n) is 5.89. The smallest absolute Gasteiger partial charge is 0.0414 e. The first kappa shape index (κ1) is 10.7. The lowest BCUT2D eigenvalue weighted by Crippen LogP contribution is -1.96. The fourth-order valence-electron chi connectivity index (χ4n) is 2.34. The minimum absolute atomic E-state index is 0.714. The Morgan fingerprint density at radius 3 is 2.00 bits per heavy atom. The first-order valence-corrected chi connectivity index (χ1v) is 5.89. The van der Waals surface area contributed by atoms with Crippen LogP contribution in [0.15, 0.2) is 60.7 Å². The zero-order valence-corrected chi connectivity index (χ0v) is 9.93. The summed E-state index contributed by atoms with van der Waals surface area (Å²) in [7, 11) is 0. The van der Waals surface area contributed by atoms with Gasteiger partial charge < -0.3 is 11.5 Å². The van der Waals surface area contributed by atoms with Crippen LogP contribution >= 0.6 is 0 Å². The van der Waals surface area contributed by atoms with Gasteiger partial charge in [-0.15, -0.1) is 0 Å². The molecular formula is C16H14N2. The highest BCUT2D eigenvalue weighted by Gasteiger charge is 2.09. The van der Waals surface area contributed by atoms with Crippen molar-refractivity contribution in [2.75, 3.05) is 11.5 Å². The molecule has 0 aliphatic carbocycles. The average molecular weight is 234 g/mol. The van der Waals surface area contributed by atoms with Crippen molar-refractivity contribution in [2.24, 2.45) is 0 Å². The predicted octanol–water partition coefficient (Wildman–Crippen LogP) is 3.67. The Balaban J connectivity index is 2.39. The molecule has 0 fully saturated rings. The third-order valence-electron chi connectivity index (χ3n) is 3.19. The average Bonchev–Trinajstić information content (AvgIpc) is 2.39. The van der Waals surface area contributed by atoms with Crippen LogP contribution in [0.4, 0.5) is 11.4 Å². The van der Waals surface area contributed by atoms with Gasteiger partial charge in [-0.2, -0.15) is 0 Å². The fourth-order valence-corrected chi connectivity index (χ4v) is 2.34. The molecule has 0 spiro atoms. The summed E-state index contributed by atoms with van der Waals surface area (Å²) >= 11 is 0. The number of nitrogens with two attached hydrogens (primary N) is 2. The van der Waals surface area contributed by atoms with Crippen LogP contribution < -0.4 is 11.5 Å². The Bertz CT molecular complexity index is 692. The van der Waals surface area contributed by atoms with Crippen molar-refractivity contribution in [3.05, 3.63) is 60.7 Å². The van der Waals surface area contributed by atoms with Gasteiger partial charge in [0.15, 0.2) is 0 Å². The zero-order valence-electron chi connectivity index (χ0n) is 9.93. The summed E-state index contributed by atoms with van der Waals surface area (Å²) < 4.78 is 0. The minimum atomic E-state index is 0.714. The number of hydrogen-bond acceptors (Lipinski definition) is 2. The number of benzene rings is 3. The third-order valence-corrected chi connectivity index (χ3v) is 3.19. The van der Waals surface area contributed by atoms with E-state index in [1.54, 1.807) is 0 Å². The summed E-state index contributed by atoms with van der Waals surface area (Å²) in [6.07, 6.45) is 0. The molecule has 0 bridgehead atoms. The Hall–Kier alpha value is -2.48. The molecule has 3 aromatic rings. The van der Waals surface area contributed by atoms with E-state index in [4.69, 9.17) is 11.5 Å². The van der Waals surface area contributed by atoms with Crippen molar-refractivity contribution in [2.45, 2.75) is 0 Å². The molecule has 3 aromatic carbocycles. The lowest BCUT2D eigenvalue weighted by atomic mass is 9.96. The van der Waals surface area contributed by atoms with Crippen LogP contribution in [0.5, 0.6) is 0 Å². The van der Waals surface area contributed by atoms with Crippen LogP contribution in [0.3, 0.4) is 0 Å². The molecular weight excluding hydrogens is 220 g/mol. The Morgan fingerprint density at radius 1 is 0.611 bits per heavy atom. The molecule has 0 unspecified atom stereocenters. The molecule has 0 saturated carbocycles. The number of rotatable bonds is 1. The highest BCUT2D eigenvalue weighted by Crippen LogP contribution is 2.36. The molecule has 3 rings (SSSR count). The van der Waals surface area contributed by atoms with E-state index in [0.29, 0.717) is 11.4 Å². The zero-order chi connectivity index (χ0) is 12.5. The van der Waals surface area contributed by atoms with Gasteiger partial charge in [0.25, 0.3) is 0 Å². The van der Waals surface area contributed by atoms with Gasteiger partial charge in [0.05, 0.1) is 0 Å². The summed E-state index contributed by atoms with van der Waals surface area (Å²) in [5.41, 5.74) is 15.6. The van der Waals surface area contributed by atoms with Gasteiger partial charge in [-0.3, -0.25) is 0 Å². The largest absolute Gasteiger partial charge is 0.398 e. The number of fused-ring (bicyclic) bond motifs is 1. The maximum absolute atomic E-state index is 6.06. The van der Waals surface area contributed by atoms with Crippen LogP contribution in [-0.2, 0) is 0 Å². The Kier molecular flexibility index (Phi) is 2.41. The van der Waals surface area contributed by atoms with Crippen molar-refractivity contribution in [3.8, 4) is 11.1 Å².